The number of nitrogens with zero attached hydrogens (tertiary/aromatic N) is 3. The number of pyridine rings is 1. The van der Waals surface area contributed by atoms with Crippen LogP contribution in [0.3, 0.4) is 0 Å². The van der Waals surface area contributed by atoms with E-state index < -0.39 is 0 Å². The number of hydrogen-bond acceptors (Lipinski definition) is 5. The molecule has 0 spiro atoms. The van der Waals surface area contributed by atoms with Gasteiger partial charge in [0.1, 0.15) is 0 Å². The zero-order valence-corrected chi connectivity index (χ0v) is 10.9. The molecule has 1 aromatic carbocycles. The Morgan fingerprint density at radius 2 is 1.70 bits per heavy atom. The molecule has 0 saturated heterocycles. The lowest BCUT2D eigenvalue weighted by Gasteiger charge is -2.16. The molecule has 2 aromatic heterocycles. The Morgan fingerprint density at radius 1 is 0.950 bits per heavy atom. The fraction of sp³-hybridized carbons (Fsp3) is 0.133. The van der Waals surface area contributed by atoms with E-state index in [-0.39, 0.29) is 6.04 Å². The van der Waals surface area contributed by atoms with Gasteiger partial charge in [-0.2, -0.15) is 0 Å². The van der Waals surface area contributed by atoms with Gasteiger partial charge < -0.3 is 0 Å². The van der Waals surface area contributed by atoms with E-state index in [4.69, 9.17) is 5.84 Å². The summed E-state index contributed by atoms with van der Waals surface area (Å²) < 4.78 is 0. The molecule has 0 saturated carbocycles. The molecule has 100 valence electrons. The molecule has 0 radical (unpaired) electrons. The van der Waals surface area contributed by atoms with Gasteiger partial charge in [-0.05, 0) is 41.8 Å². The average Bonchev–Trinajstić information content (AvgIpc) is 2.53. The van der Waals surface area contributed by atoms with Crippen LogP contribution in [-0.4, -0.2) is 15.0 Å². The van der Waals surface area contributed by atoms with Crippen LogP contribution in [0.5, 0.6) is 0 Å². The van der Waals surface area contributed by atoms with Gasteiger partial charge in [0.05, 0.1) is 17.1 Å². The Kier molecular flexibility index (Phi) is 3.62. The number of fused-ring (bicyclic) bond motifs is 1. The Hall–Kier alpha value is -2.37. The van der Waals surface area contributed by atoms with Gasteiger partial charge in [-0.25, -0.2) is 0 Å². The fourth-order valence-electron chi connectivity index (χ4n) is 2.22. The molecule has 0 aliphatic carbocycles. The molecule has 3 N–H and O–H groups in total. The largest absolute Gasteiger partial charge is 0.271 e. The van der Waals surface area contributed by atoms with E-state index >= 15 is 0 Å². The minimum Gasteiger partial charge on any atom is -0.271 e. The number of rotatable bonds is 4. The normalized spacial score (nSPS) is 12.4. The van der Waals surface area contributed by atoms with E-state index in [1.54, 1.807) is 24.8 Å². The minimum absolute atomic E-state index is 0.0313. The van der Waals surface area contributed by atoms with Crippen molar-refractivity contribution in [2.24, 2.45) is 5.84 Å². The first-order chi connectivity index (χ1) is 9.86. The monoisotopic (exact) mass is 265 g/mol. The van der Waals surface area contributed by atoms with Crippen LogP contribution in [0.4, 0.5) is 0 Å². The zero-order valence-electron chi connectivity index (χ0n) is 10.9. The van der Waals surface area contributed by atoms with E-state index in [2.05, 4.69) is 20.4 Å². The lowest BCUT2D eigenvalue weighted by atomic mass is 9.99. The van der Waals surface area contributed by atoms with Crippen LogP contribution < -0.4 is 11.3 Å². The smallest absolute Gasteiger partial charge is 0.0890 e. The van der Waals surface area contributed by atoms with Crippen molar-refractivity contribution >= 4 is 11.0 Å². The number of nitrogens with two attached hydrogens (primary N) is 1. The van der Waals surface area contributed by atoms with E-state index in [1.807, 2.05) is 30.3 Å². The Balaban J connectivity index is 1.91. The molecule has 2 heterocycles. The van der Waals surface area contributed by atoms with E-state index in [9.17, 15) is 0 Å². The van der Waals surface area contributed by atoms with Crippen LogP contribution in [-0.2, 0) is 6.42 Å². The molecule has 5 nitrogen and oxygen atoms in total. The third-order valence-corrected chi connectivity index (χ3v) is 3.29. The van der Waals surface area contributed by atoms with E-state index in [0.29, 0.717) is 0 Å². The number of benzene rings is 1. The quantitative estimate of drug-likeness (QED) is 0.555. The lowest BCUT2D eigenvalue weighted by molar-refractivity contribution is 0.552. The van der Waals surface area contributed by atoms with Gasteiger partial charge in [-0.1, -0.05) is 6.07 Å². The molecule has 3 aromatic rings. The maximum Gasteiger partial charge on any atom is 0.0890 e. The molecular weight excluding hydrogens is 250 g/mol. The number of nitrogens with one attached hydrogen (secondary N) is 1. The summed E-state index contributed by atoms with van der Waals surface area (Å²) in [6.45, 7) is 0. The van der Waals surface area contributed by atoms with E-state index in [1.165, 1.54) is 5.56 Å². The topological polar surface area (TPSA) is 76.7 Å². The molecular formula is C15H15N5. The summed E-state index contributed by atoms with van der Waals surface area (Å²) in [4.78, 5) is 12.6. The second kappa shape index (κ2) is 5.73. The summed E-state index contributed by atoms with van der Waals surface area (Å²) in [5, 5.41) is 0. The van der Waals surface area contributed by atoms with Crippen LogP contribution >= 0.6 is 0 Å². The molecule has 3 rings (SSSR count). The van der Waals surface area contributed by atoms with Crippen molar-refractivity contribution in [2.45, 2.75) is 12.5 Å². The summed E-state index contributed by atoms with van der Waals surface area (Å²) >= 11 is 0. The molecule has 0 aliphatic heterocycles. The predicted octanol–water partition coefficient (Wildman–Crippen LogP) is 1.77. The van der Waals surface area contributed by atoms with Gasteiger partial charge in [-0.15, -0.1) is 0 Å². The lowest BCUT2D eigenvalue weighted by Crippen LogP contribution is -2.29. The summed E-state index contributed by atoms with van der Waals surface area (Å²) in [5.41, 5.74) is 6.90. The summed E-state index contributed by atoms with van der Waals surface area (Å²) in [6.07, 6.45) is 7.76. The molecule has 5 heteroatoms. The third kappa shape index (κ3) is 2.64. The van der Waals surface area contributed by atoms with Crippen LogP contribution in [0.1, 0.15) is 17.2 Å². The highest BCUT2D eigenvalue weighted by Crippen LogP contribution is 2.20. The average molecular weight is 265 g/mol. The first-order valence-corrected chi connectivity index (χ1v) is 6.42. The van der Waals surface area contributed by atoms with Gasteiger partial charge in [-0.3, -0.25) is 26.2 Å². The highest BCUT2D eigenvalue weighted by molar-refractivity contribution is 5.74. The molecule has 20 heavy (non-hydrogen) atoms. The third-order valence-electron chi connectivity index (χ3n) is 3.29. The van der Waals surface area contributed by atoms with Gasteiger partial charge in [0.2, 0.25) is 0 Å². The molecule has 0 aliphatic rings. The Bertz CT molecular complexity index is 699. The van der Waals surface area contributed by atoms with Crippen molar-refractivity contribution in [3.63, 3.8) is 0 Å². The SMILES string of the molecule is NNC(Cc1ccncc1)c1ccc2nccnc2c1. The van der Waals surface area contributed by atoms with Crippen LogP contribution in [0.25, 0.3) is 11.0 Å². The van der Waals surface area contributed by atoms with Crippen molar-refractivity contribution in [3.8, 4) is 0 Å². The minimum atomic E-state index is 0.0313. The van der Waals surface area contributed by atoms with Crippen molar-refractivity contribution in [1.29, 1.82) is 0 Å². The molecule has 0 amide bonds. The molecule has 1 unspecified atom stereocenters. The maximum atomic E-state index is 5.70. The second-order valence-corrected chi connectivity index (χ2v) is 4.58. The van der Waals surface area contributed by atoms with E-state index in [0.717, 1.165) is 23.0 Å². The van der Waals surface area contributed by atoms with Crippen molar-refractivity contribution in [1.82, 2.24) is 20.4 Å². The number of hydrogen-bond donors (Lipinski definition) is 2. The fourth-order valence-corrected chi connectivity index (χ4v) is 2.22. The summed E-state index contributed by atoms with van der Waals surface area (Å²) in [6, 6.07) is 10.0. The number of aromatic nitrogens is 3. The first-order valence-electron chi connectivity index (χ1n) is 6.42. The number of hydrazine groups is 1. The van der Waals surface area contributed by atoms with Crippen LogP contribution in [0, 0.1) is 0 Å². The standard InChI is InChI=1S/C15H15N5/c16-20-14(9-11-3-5-17-6-4-11)12-1-2-13-15(10-12)19-8-7-18-13/h1-8,10,14,20H,9,16H2. The molecule has 1 atom stereocenters. The maximum absolute atomic E-state index is 5.70. The van der Waals surface area contributed by atoms with Crippen LogP contribution in [0.15, 0.2) is 55.1 Å². The summed E-state index contributed by atoms with van der Waals surface area (Å²) in [7, 11) is 0. The van der Waals surface area contributed by atoms with Gasteiger partial charge in [0.25, 0.3) is 0 Å². The van der Waals surface area contributed by atoms with Crippen molar-refractivity contribution in [3.05, 3.63) is 66.2 Å². The highest BCUT2D eigenvalue weighted by Gasteiger charge is 2.11. The van der Waals surface area contributed by atoms with Gasteiger partial charge in [0.15, 0.2) is 0 Å². The van der Waals surface area contributed by atoms with Gasteiger partial charge >= 0.3 is 0 Å². The predicted molar refractivity (Wildman–Crippen MR) is 77.5 cm³/mol. The van der Waals surface area contributed by atoms with Crippen molar-refractivity contribution < 1.29 is 0 Å². The first kappa shape index (κ1) is 12.7. The Morgan fingerprint density at radius 3 is 2.45 bits per heavy atom. The van der Waals surface area contributed by atoms with Crippen LogP contribution in [0.2, 0.25) is 0 Å². The molecule has 0 fully saturated rings. The second-order valence-electron chi connectivity index (χ2n) is 4.58. The van der Waals surface area contributed by atoms with Crippen molar-refractivity contribution in [2.75, 3.05) is 0 Å². The highest BCUT2D eigenvalue weighted by atomic mass is 15.2. The Labute approximate surface area is 116 Å². The zero-order chi connectivity index (χ0) is 13.8. The van der Waals surface area contributed by atoms with Gasteiger partial charge in [0, 0.05) is 24.8 Å². The summed E-state index contributed by atoms with van der Waals surface area (Å²) in [5.74, 6) is 5.70. The molecule has 0 bridgehead atoms.